The lowest BCUT2D eigenvalue weighted by molar-refractivity contribution is 0.310. The molecule has 1 aliphatic rings. The van der Waals surface area contributed by atoms with E-state index in [1.807, 2.05) is 12.1 Å². The minimum atomic E-state index is 0.236. The van der Waals surface area contributed by atoms with Crippen LogP contribution in [0, 0.1) is 0 Å². The highest BCUT2D eigenvalue weighted by Crippen LogP contribution is 2.39. The highest BCUT2D eigenvalue weighted by molar-refractivity contribution is 5.96. The van der Waals surface area contributed by atoms with Crippen LogP contribution < -0.4 is 0 Å². The number of rotatable bonds is 2. The maximum atomic E-state index is 9.54. The molecule has 2 heteroatoms. The van der Waals surface area contributed by atoms with Crippen molar-refractivity contribution in [2.45, 2.75) is 31.1 Å². The van der Waals surface area contributed by atoms with Gasteiger partial charge in [0.1, 0.15) is 0 Å². The molecule has 2 unspecified atom stereocenters. The van der Waals surface area contributed by atoms with E-state index >= 15 is 0 Å². The molecule has 2 aromatic rings. The molecule has 1 N–H and O–H groups in total. The molecule has 0 aromatic heterocycles. The Morgan fingerprint density at radius 1 is 0.750 bits per heavy atom. The second kappa shape index (κ2) is 5.91. The predicted molar refractivity (Wildman–Crippen MR) is 81.4 cm³/mol. The number of hydrogen-bond donors (Lipinski definition) is 1. The quantitative estimate of drug-likeness (QED) is 0.626. The molecular weight excluding hydrogens is 246 g/mol. The monoisotopic (exact) mass is 265 g/mol. The summed E-state index contributed by atoms with van der Waals surface area (Å²) in [7, 11) is 0. The smallest absolute Gasteiger partial charge is 0.0719 e. The largest absolute Gasteiger partial charge is 0.411 e. The SMILES string of the molecule is ON=C1C(c2ccccc2)CCCC1c1ccccc1. The van der Waals surface area contributed by atoms with Crippen LogP contribution in [-0.4, -0.2) is 10.9 Å². The van der Waals surface area contributed by atoms with Gasteiger partial charge in [0.25, 0.3) is 0 Å². The average Bonchev–Trinajstić information content (AvgIpc) is 2.55. The Kier molecular flexibility index (Phi) is 3.82. The summed E-state index contributed by atoms with van der Waals surface area (Å²) >= 11 is 0. The maximum Gasteiger partial charge on any atom is 0.0719 e. The summed E-state index contributed by atoms with van der Waals surface area (Å²) in [5.41, 5.74) is 3.41. The van der Waals surface area contributed by atoms with E-state index in [-0.39, 0.29) is 11.8 Å². The first-order valence-electron chi connectivity index (χ1n) is 7.22. The molecule has 2 aromatic carbocycles. The van der Waals surface area contributed by atoms with Gasteiger partial charge in [-0.1, -0.05) is 72.2 Å². The molecule has 2 nitrogen and oxygen atoms in total. The molecule has 0 amide bonds. The molecule has 3 rings (SSSR count). The Bertz CT molecular complexity index is 527. The first kappa shape index (κ1) is 12.9. The summed E-state index contributed by atoms with van der Waals surface area (Å²) < 4.78 is 0. The van der Waals surface area contributed by atoms with E-state index in [1.54, 1.807) is 0 Å². The van der Waals surface area contributed by atoms with Gasteiger partial charge in [0.15, 0.2) is 0 Å². The molecule has 0 saturated heterocycles. The van der Waals surface area contributed by atoms with Crippen LogP contribution in [0.4, 0.5) is 0 Å². The normalized spacial score (nSPS) is 22.5. The molecular formula is C18H19NO. The van der Waals surface area contributed by atoms with Crippen LogP contribution in [0.1, 0.15) is 42.2 Å². The van der Waals surface area contributed by atoms with Gasteiger partial charge in [0, 0.05) is 11.8 Å². The zero-order valence-corrected chi connectivity index (χ0v) is 11.4. The van der Waals surface area contributed by atoms with Gasteiger partial charge in [-0.3, -0.25) is 0 Å². The van der Waals surface area contributed by atoms with Crippen molar-refractivity contribution in [3.63, 3.8) is 0 Å². The van der Waals surface area contributed by atoms with Gasteiger partial charge in [-0.25, -0.2) is 0 Å². The lowest BCUT2D eigenvalue weighted by Crippen LogP contribution is -2.25. The van der Waals surface area contributed by atoms with Crippen LogP contribution in [0.15, 0.2) is 65.8 Å². The van der Waals surface area contributed by atoms with Gasteiger partial charge in [0.05, 0.1) is 5.71 Å². The second-order valence-electron chi connectivity index (χ2n) is 5.38. The van der Waals surface area contributed by atoms with Crippen LogP contribution in [0.5, 0.6) is 0 Å². The molecule has 20 heavy (non-hydrogen) atoms. The third-order valence-corrected chi connectivity index (χ3v) is 4.22. The van der Waals surface area contributed by atoms with Crippen LogP contribution in [0.2, 0.25) is 0 Å². The molecule has 0 aliphatic heterocycles. The van der Waals surface area contributed by atoms with Gasteiger partial charge in [-0.05, 0) is 24.0 Å². The molecule has 0 spiro atoms. The molecule has 0 radical (unpaired) electrons. The lowest BCUT2D eigenvalue weighted by Gasteiger charge is -2.31. The van der Waals surface area contributed by atoms with Crippen LogP contribution in [0.25, 0.3) is 0 Å². The second-order valence-corrected chi connectivity index (χ2v) is 5.38. The zero-order chi connectivity index (χ0) is 13.8. The van der Waals surface area contributed by atoms with E-state index in [9.17, 15) is 5.21 Å². The van der Waals surface area contributed by atoms with E-state index in [2.05, 4.69) is 53.7 Å². The lowest BCUT2D eigenvalue weighted by atomic mass is 9.73. The number of hydrogen-bond acceptors (Lipinski definition) is 2. The Balaban J connectivity index is 1.94. The van der Waals surface area contributed by atoms with Crippen molar-refractivity contribution in [2.75, 3.05) is 0 Å². The van der Waals surface area contributed by atoms with Gasteiger partial charge in [0.2, 0.25) is 0 Å². The van der Waals surface area contributed by atoms with Crippen molar-refractivity contribution in [1.82, 2.24) is 0 Å². The fraction of sp³-hybridized carbons (Fsp3) is 0.278. The van der Waals surface area contributed by atoms with Crippen LogP contribution >= 0.6 is 0 Å². The Labute approximate surface area is 119 Å². The summed E-state index contributed by atoms with van der Waals surface area (Å²) in [6, 6.07) is 20.8. The van der Waals surface area contributed by atoms with Crippen molar-refractivity contribution >= 4 is 5.71 Å². The maximum absolute atomic E-state index is 9.54. The van der Waals surface area contributed by atoms with Gasteiger partial charge in [-0.2, -0.15) is 0 Å². The van der Waals surface area contributed by atoms with Crippen molar-refractivity contribution in [1.29, 1.82) is 0 Å². The van der Waals surface area contributed by atoms with Gasteiger partial charge < -0.3 is 5.21 Å². The van der Waals surface area contributed by atoms with Crippen molar-refractivity contribution < 1.29 is 5.21 Å². The number of oxime groups is 1. The Morgan fingerprint density at radius 2 is 1.20 bits per heavy atom. The minimum Gasteiger partial charge on any atom is -0.411 e. The Morgan fingerprint density at radius 3 is 1.60 bits per heavy atom. The van der Waals surface area contributed by atoms with Crippen LogP contribution in [0.3, 0.4) is 0 Å². The van der Waals surface area contributed by atoms with Crippen molar-refractivity contribution in [2.24, 2.45) is 5.16 Å². The van der Waals surface area contributed by atoms with Crippen LogP contribution in [-0.2, 0) is 0 Å². The predicted octanol–water partition coefficient (Wildman–Crippen LogP) is 4.57. The summed E-state index contributed by atoms with van der Waals surface area (Å²) in [5.74, 6) is 0.473. The average molecular weight is 265 g/mol. The van der Waals surface area contributed by atoms with E-state index < -0.39 is 0 Å². The van der Waals surface area contributed by atoms with E-state index in [0.29, 0.717) is 0 Å². The van der Waals surface area contributed by atoms with Gasteiger partial charge in [-0.15, -0.1) is 0 Å². The molecule has 2 atom stereocenters. The van der Waals surface area contributed by atoms with Crippen molar-refractivity contribution in [3.05, 3.63) is 71.8 Å². The molecule has 102 valence electrons. The summed E-state index contributed by atoms with van der Waals surface area (Å²) in [6.07, 6.45) is 3.29. The highest BCUT2D eigenvalue weighted by Gasteiger charge is 2.31. The zero-order valence-electron chi connectivity index (χ0n) is 11.4. The topological polar surface area (TPSA) is 32.6 Å². The van der Waals surface area contributed by atoms with E-state index in [1.165, 1.54) is 11.1 Å². The highest BCUT2D eigenvalue weighted by atomic mass is 16.4. The fourth-order valence-corrected chi connectivity index (χ4v) is 3.25. The molecule has 1 saturated carbocycles. The third-order valence-electron chi connectivity index (χ3n) is 4.22. The first-order valence-corrected chi connectivity index (χ1v) is 7.22. The molecule has 0 heterocycles. The summed E-state index contributed by atoms with van der Waals surface area (Å²) in [6.45, 7) is 0. The number of benzene rings is 2. The Hall–Kier alpha value is -2.09. The molecule has 1 aliphatic carbocycles. The minimum absolute atomic E-state index is 0.236. The third kappa shape index (κ3) is 2.46. The number of nitrogens with zero attached hydrogens (tertiary/aromatic N) is 1. The van der Waals surface area contributed by atoms with Crippen molar-refractivity contribution in [3.8, 4) is 0 Å². The fourth-order valence-electron chi connectivity index (χ4n) is 3.25. The van der Waals surface area contributed by atoms with E-state index in [4.69, 9.17) is 0 Å². The molecule has 0 bridgehead atoms. The summed E-state index contributed by atoms with van der Waals surface area (Å²) in [5, 5.41) is 13.2. The summed E-state index contributed by atoms with van der Waals surface area (Å²) in [4.78, 5) is 0. The molecule has 1 fully saturated rings. The first-order chi connectivity index (χ1) is 9.90. The standard InChI is InChI=1S/C18H19NO/c20-19-18-16(14-8-3-1-4-9-14)12-7-13-17(18)15-10-5-2-6-11-15/h1-6,8-11,16-17,20H,7,12-13H2. The van der Waals surface area contributed by atoms with E-state index in [0.717, 1.165) is 25.0 Å². The van der Waals surface area contributed by atoms with Gasteiger partial charge >= 0.3 is 0 Å².